The second-order valence-corrected chi connectivity index (χ2v) is 7.75. The first kappa shape index (κ1) is 19.5. The molecule has 0 bridgehead atoms. The summed E-state index contributed by atoms with van der Waals surface area (Å²) in [6.07, 6.45) is 3.58. The van der Waals surface area contributed by atoms with E-state index in [0.717, 1.165) is 37.3 Å². The second kappa shape index (κ2) is 7.67. The van der Waals surface area contributed by atoms with E-state index in [1.807, 2.05) is 13.0 Å². The van der Waals surface area contributed by atoms with Crippen molar-refractivity contribution in [3.8, 4) is 17.1 Å². The van der Waals surface area contributed by atoms with Gasteiger partial charge >= 0.3 is 152 Å². The first-order valence-electron chi connectivity index (χ1n) is 10.1. The number of aryl methyl sites for hydroxylation is 1. The van der Waals surface area contributed by atoms with Gasteiger partial charge in [-0.3, -0.25) is 0 Å². The number of pyridine rings is 1. The monoisotopic (exact) mass is 416 g/mol. The van der Waals surface area contributed by atoms with Crippen molar-refractivity contribution in [1.29, 1.82) is 0 Å². The molecule has 2 N–H and O–H groups in total. The van der Waals surface area contributed by atoms with Crippen LogP contribution >= 0.6 is 0 Å². The molecule has 6 nitrogen and oxygen atoms in total. The maximum absolute atomic E-state index is 14.5. The van der Waals surface area contributed by atoms with Crippen molar-refractivity contribution in [2.75, 3.05) is 23.3 Å². The van der Waals surface area contributed by atoms with Crippen LogP contribution in [0.5, 0.6) is 0 Å². The van der Waals surface area contributed by atoms with Crippen molar-refractivity contribution in [1.82, 2.24) is 15.2 Å². The number of aromatic amines is 1. The molecule has 4 heterocycles. The Kier molecular flexibility index (Phi) is 4.83. The van der Waals surface area contributed by atoms with E-state index in [-0.39, 0.29) is 17.3 Å². The van der Waals surface area contributed by atoms with Crippen molar-refractivity contribution >= 4 is 30.4 Å². The molecule has 5 rings (SSSR count). The summed E-state index contributed by atoms with van der Waals surface area (Å²) < 4.78 is 29.0. The number of H-pyrrole nitrogens is 1. The van der Waals surface area contributed by atoms with Crippen LogP contribution in [0.1, 0.15) is 24.1 Å². The number of anilines is 2. The van der Waals surface area contributed by atoms with Gasteiger partial charge in [-0.25, -0.2) is 8.78 Å². The summed E-state index contributed by atoms with van der Waals surface area (Å²) in [4.78, 5) is 11.5. The van der Waals surface area contributed by atoms with Gasteiger partial charge in [0.1, 0.15) is 0 Å². The van der Waals surface area contributed by atoms with Gasteiger partial charge in [-0.05, 0) is 12.1 Å². The van der Waals surface area contributed by atoms with Gasteiger partial charge in [0.25, 0.3) is 0 Å². The molecule has 2 aliphatic heterocycles. The van der Waals surface area contributed by atoms with Gasteiger partial charge in [-0.2, -0.15) is 0 Å². The number of hydrogen-bond acceptors (Lipinski definition) is 5. The Balaban J connectivity index is 1.67. The molecule has 0 aliphatic carbocycles. The summed E-state index contributed by atoms with van der Waals surface area (Å²) in [7, 11) is 5.65. The molecule has 31 heavy (non-hydrogen) atoms. The molecule has 1 saturated heterocycles. The fraction of sp³-hybridized carbons (Fsp3) is 0.273. The van der Waals surface area contributed by atoms with Crippen molar-refractivity contribution in [3.63, 3.8) is 0 Å². The second-order valence-electron chi connectivity index (χ2n) is 7.75. The van der Waals surface area contributed by atoms with E-state index < -0.39 is 11.6 Å². The topological polar surface area (TPSA) is 69.2 Å². The Morgan fingerprint density at radius 1 is 1.26 bits per heavy atom. The Morgan fingerprint density at radius 3 is 2.84 bits per heavy atom. The SMILES string of the molecule is B#CC1CCCN(c2cc3c(c(C)n2)N=C(c2c(F)cccc2F)Nc2cn[nH]c2-3)C1. The van der Waals surface area contributed by atoms with E-state index in [1.54, 1.807) is 6.20 Å². The van der Waals surface area contributed by atoms with Crippen LogP contribution in [0.4, 0.5) is 26.0 Å². The zero-order chi connectivity index (χ0) is 21.5. The fourth-order valence-electron chi connectivity index (χ4n) is 4.16. The Bertz CT molecular complexity index is 1230. The zero-order valence-electron chi connectivity index (χ0n) is 16.9. The first-order chi connectivity index (χ1) is 15.0. The van der Waals surface area contributed by atoms with Crippen LogP contribution < -0.4 is 10.2 Å². The van der Waals surface area contributed by atoms with Gasteiger partial charge in [-0.15, -0.1) is 0 Å². The summed E-state index contributed by atoms with van der Waals surface area (Å²) >= 11 is 0. The fourth-order valence-corrected chi connectivity index (χ4v) is 4.16. The molecule has 1 unspecified atom stereocenters. The number of nitrogens with zero attached hydrogens (tertiary/aromatic N) is 4. The number of piperidine rings is 1. The molecule has 0 amide bonds. The van der Waals surface area contributed by atoms with Gasteiger partial charge in [0.15, 0.2) is 0 Å². The van der Waals surface area contributed by atoms with E-state index in [4.69, 9.17) is 12.3 Å². The van der Waals surface area contributed by atoms with Gasteiger partial charge in [0.05, 0.1) is 0 Å². The molecule has 9 heteroatoms. The first-order valence-corrected chi connectivity index (χ1v) is 10.1. The predicted molar refractivity (Wildman–Crippen MR) is 117 cm³/mol. The standard InChI is InChI=1S/C22H19BF2N6/c1-12-20-14(8-18(27-12)31-7-3-4-13(9-23)11-31)21-17(10-26-30-21)28-22(29-20)19-15(24)5-2-6-16(19)25/h2,5-6,8,10,13H,3-4,7,11H2,1H3,(H,26,30)(H,28,29). The van der Waals surface area contributed by atoms with E-state index in [9.17, 15) is 8.78 Å². The van der Waals surface area contributed by atoms with Crippen LogP contribution in [0, 0.1) is 30.3 Å². The third-order valence-corrected chi connectivity index (χ3v) is 5.72. The van der Waals surface area contributed by atoms with Crippen LogP contribution in [0.15, 0.2) is 35.5 Å². The molecule has 1 fully saturated rings. The van der Waals surface area contributed by atoms with E-state index >= 15 is 0 Å². The van der Waals surface area contributed by atoms with Crippen LogP contribution in [0.25, 0.3) is 11.3 Å². The van der Waals surface area contributed by atoms with Crippen LogP contribution in [-0.4, -0.2) is 41.4 Å². The molecule has 2 aromatic heterocycles. The minimum absolute atomic E-state index is 0.0695. The summed E-state index contributed by atoms with van der Waals surface area (Å²) in [5.41, 5.74) is 2.98. The molecule has 3 aromatic rings. The van der Waals surface area contributed by atoms with Crippen LogP contribution in [0.2, 0.25) is 0 Å². The van der Waals surface area contributed by atoms with Gasteiger partial charge in [0.2, 0.25) is 0 Å². The molecule has 154 valence electrons. The number of amidine groups is 1. The minimum atomic E-state index is -0.698. The predicted octanol–water partition coefficient (Wildman–Crippen LogP) is 3.91. The molecular weight excluding hydrogens is 397 g/mol. The summed E-state index contributed by atoms with van der Waals surface area (Å²) in [6, 6.07) is 5.67. The average molecular weight is 416 g/mol. The molecule has 0 spiro atoms. The van der Waals surface area contributed by atoms with Gasteiger partial charge < -0.3 is 0 Å². The molecule has 1 atom stereocenters. The Hall–Kier alpha value is -3.45. The number of aliphatic imine (C=N–C) groups is 1. The molecule has 0 radical (unpaired) electrons. The van der Waals surface area contributed by atoms with Crippen LogP contribution in [-0.2, 0) is 0 Å². The normalized spacial score (nSPS) is 17.8. The average Bonchev–Trinajstić information content (AvgIpc) is 3.16. The number of benzene rings is 1. The van der Waals surface area contributed by atoms with E-state index in [0.29, 0.717) is 22.8 Å². The third kappa shape index (κ3) is 3.41. The van der Waals surface area contributed by atoms with Crippen molar-refractivity contribution < 1.29 is 8.78 Å². The maximum atomic E-state index is 14.5. The van der Waals surface area contributed by atoms with E-state index in [1.165, 1.54) is 18.2 Å². The summed E-state index contributed by atoms with van der Waals surface area (Å²) in [5, 5.41) is 10.1. The Labute approximate surface area is 179 Å². The number of halogens is 2. The third-order valence-electron chi connectivity index (χ3n) is 5.72. The Morgan fingerprint density at radius 2 is 2.06 bits per heavy atom. The number of fused-ring (bicyclic) bond motifs is 3. The molecule has 0 saturated carbocycles. The number of rotatable bonds is 2. The van der Waals surface area contributed by atoms with Gasteiger partial charge in [0, 0.05) is 0 Å². The van der Waals surface area contributed by atoms with Crippen molar-refractivity contribution in [2.45, 2.75) is 19.8 Å². The molecule has 1 aromatic carbocycles. The number of hydrogen-bond donors (Lipinski definition) is 2. The quantitative estimate of drug-likeness (QED) is 0.622. The van der Waals surface area contributed by atoms with Crippen molar-refractivity contribution in [2.24, 2.45) is 10.9 Å². The van der Waals surface area contributed by atoms with Crippen molar-refractivity contribution in [3.05, 3.63) is 53.4 Å². The van der Waals surface area contributed by atoms with Gasteiger partial charge in [-0.1, -0.05) is 6.07 Å². The molecular formula is C22H19BF2N6. The number of nitrogens with one attached hydrogen (secondary N) is 2. The molecule has 2 aliphatic rings. The summed E-state index contributed by atoms with van der Waals surface area (Å²) in [6.45, 7) is 3.45. The van der Waals surface area contributed by atoms with E-state index in [2.05, 4.69) is 31.2 Å². The zero-order valence-corrected chi connectivity index (χ0v) is 16.9. The summed E-state index contributed by atoms with van der Waals surface area (Å²) in [5.74, 6) is 2.51. The van der Waals surface area contributed by atoms with Crippen LogP contribution in [0.3, 0.4) is 0 Å². The number of aromatic nitrogens is 3.